The molecule has 0 unspecified atom stereocenters. The Morgan fingerprint density at radius 1 is 0.476 bits per heavy atom. The van der Waals surface area contributed by atoms with Gasteiger partial charge in [-0.1, -0.05) is 91.0 Å². The second kappa shape index (κ2) is 6.57. The average Bonchev–Trinajstić information content (AvgIpc) is 2.56. The third-order valence-electron chi connectivity index (χ3n) is 3.57. The number of hydrogen-bond donors (Lipinski definition) is 1. The van der Waals surface area contributed by atoms with E-state index in [2.05, 4.69) is 0 Å². The molecule has 0 fully saturated rings. The summed E-state index contributed by atoms with van der Waals surface area (Å²) in [5, 5.41) is 11.4. The molecular formula is C19H17ClO. The lowest BCUT2D eigenvalue weighted by Crippen LogP contribution is -2.28. The first-order valence-electron chi connectivity index (χ1n) is 6.71. The molecule has 0 bridgehead atoms. The van der Waals surface area contributed by atoms with Crippen LogP contribution >= 0.6 is 12.4 Å². The van der Waals surface area contributed by atoms with Crippen LogP contribution in [0.4, 0.5) is 0 Å². The van der Waals surface area contributed by atoms with Crippen molar-refractivity contribution in [3.05, 3.63) is 108 Å². The summed E-state index contributed by atoms with van der Waals surface area (Å²) in [7, 11) is 0. The van der Waals surface area contributed by atoms with E-state index in [0.717, 1.165) is 16.7 Å². The molecule has 3 aromatic carbocycles. The van der Waals surface area contributed by atoms with Crippen LogP contribution in [0.25, 0.3) is 0 Å². The van der Waals surface area contributed by atoms with Crippen LogP contribution in [0.2, 0.25) is 0 Å². The number of benzene rings is 3. The van der Waals surface area contributed by atoms with Crippen molar-refractivity contribution in [2.45, 2.75) is 5.60 Å². The Bertz CT molecular complexity index is 569. The Balaban J connectivity index is 0.00000161. The van der Waals surface area contributed by atoms with E-state index in [4.69, 9.17) is 0 Å². The summed E-state index contributed by atoms with van der Waals surface area (Å²) in [5.74, 6) is 0. The summed E-state index contributed by atoms with van der Waals surface area (Å²) in [6.07, 6.45) is 0. The van der Waals surface area contributed by atoms with Gasteiger partial charge < -0.3 is 5.11 Å². The van der Waals surface area contributed by atoms with E-state index in [1.807, 2.05) is 91.0 Å². The van der Waals surface area contributed by atoms with Crippen molar-refractivity contribution in [1.29, 1.82) is 0 Å². The zero-order valence-electron chi connectivity index (χ0n) is 11.5. The molecule has 3 aromatic rings. The zero-order valence-corrected chi connectivity index (χ0v) is 12.3. The number of hydrogen-bond acceptors (Lipinski definition) is 1. The molecule has 106 valence electrons. The molecule has 0 aromatic heterocycles. The highest BCUT2D eigenvalue weighted by Crippen LogP contribution is 2.36. The van der Waals surface area contributed by atoms with Crippen molar-refractivity contribution in [1.82, 2.24) is 0 Å². The molecule has 1 nitrogen and oxygen atoms in total. The van der Waals surface area contributed by atoms with Crippen LogP contribution in [0.1, 0.15) is 16.7 Å². The molecule has 0 spiro atoms. The summed E-state index contributed by atoms with van der Waals surface area (Å²) in [4.78, 5) is 0. The van der Waals surface area contributed by atoms with Crippen LogP contribution in [0.3, 0.4) is 0 Å². The number of halogens is 1. The summed E-state index contributed by atoms with van der Waals surface area (Å²) in [6.45, 7) is 0. The van der Waals surface area contributed by atoms with Gasteiger partial charge in [0, 0.05) is 0 Å². The lowest BCUT2D eigenvalue weighted by molar-refractivity contribution is 0.125. The molecule has 0 atom stereocenters. The molecule has 1 N–H and O–H groups in total. The van der Waals surface area contributed by atoms with Crippen LogP contribution < -0.4 is 0 Å². The van der Waals surface area contributed by atoms with Crippen LogP contribution in [0.5, 0.6) is 0 Å². The molecule has 0 amide bonds. The van der Waals surface area contributed by atoms with Crippen LogP contribution in [-0.2, 0) is 5.60 Å². The van der Waals surface area contributed by atoms with Gasteiger partial charge in [0.25, 0.3) is 0 Å². The second-order valence-corrected chi connectivity index (χ2v) is 4.81. The quantitative estimate of drug-likeness (QED) is 0.711. The molecule has 0 heterocycles. The topological polar surface area (TPSA) is 20.2 Å². The van der Waals surface area contributed by atoms with E-state index in [1.165, 1.54) is 0 Å². The van der Waals surface area contributed by atoms with Gasteiger partial charge in [0.1, 0.15) is 5.60 Å². The summed E-state index contributed by atoms with van der Waals surface area (Å²) >= 11 is 0. The van der Waals surface area contributed by atoms with E-state index in [1.54, 1.807) is 0 Å². The van der Waals surface area contributed by atoms with Crippen molar-refractivity contribution >= 4 is 12.4 Å². The van der Waals surface area contributed by atoms with Gasteiger partial charge >= 0.3 is 0 Å². The largest absolute Gasteiger partial charge is 0.376 e. The molecule has 0 radical (unpaired) electrons. The van der Waals surface area contributed by atoms with Gasteiger partial charge in [-0.25, -0.2) is 0 Å². The Hall–Kier alpha value is -2.09. The lowest BCUT2D eigenvalue weighted by Gasteiger charge is -2.30. The Kier molecular flexibility index (Phi) is 4.79. The second-order valence-electron chi connectivity index (χ2n) is 4.81. The van der Waals surface area contributed by atoms with E-state index < -0.39 is 5.60 Å². The average molecular weight is 297 g/mol. The van der Waals surface area contributed by atoms with Gasteiger partial charge in [-0.2, -0.15) is 0 Å². The monoisotopic (exact) mass is 296 g/mol. The van der Waals surface area contributed by atoms with Crippen molar-refractivity contribution in [2.24, 2.45) is 0 Å². The lowest BCUT2D eigenvalue weighted by atomic mass is 9.80. The van der Waals surface area contributed by atoms with E-state index in [9.17, 15) is 5.11 Å². The van der Waals surface area contributed by atoms with E-state index in [0.29, 0.717) is 0 Å². The van der Waals surface area contributed by atoms with Crippen molar-refractivity contribution in [3.8, 4) is 0 Å². The number of rotatable bonds is 3. The Labute approximate surface area is 131 Å². The maximum absolute atomic E-state index is 11.4. The fourth-order valence-corrected chi connectivity index (χ4v) is 2.54. The van der Waals surface area contributed by atoms with Gasteiger partial charge in [0.2, 0.25) is 0 Å². The predicted molar refractivity (Wildman–Crippen MR) is 88.7 cm³/mol. The minimum atomic E-state index is -1.12. The summed E-state index contributed by atoms with van der Waals surface area (Å²) in [5.41, 5.74) is 1.50. The van der Waals surface area contributed by atoms with Gasteiger partial charge in [-0.05, 0) is 16.7 Å². The minimum Gasteiger partial charge on any atom is -0.376 e. The minimum absolute atomic E-state index is 0. The fourth-order valence-electron chi connectivity index (χ4n) is 2.54. The highest BCUT2D eigenvalue weighted by molar-refractivity contribution is 5.85. The van der Waals surface area contributed by atoms with Crippen molar-refractivity contribution < 1.29 is 5.11 Å². The molecule has 0 saturated heterocycles. The Morgan fingerprint density at radius 3 is 0.952 bits per heavy atom. The van der Waals surface area contributed by atoms with Crippen LogP contribution in [-0.4, -0.2) is 5.11 Å². The zero-order chi connectivity index (χ0) is 13.8. The van der Waals surface area contributed by atoms with Gasteiger partial charge in [-0.15, -0.1) is 12.4 Å². The van der Waals surface area contributed by atoms with Gasteiger partial charge in [0.15, 0.2) is 0 Å². The fraction of sp³-hybridized carbons (Fsp3) is 0.0526. The molecule has 0 aliphatic heterocycles. The van der Waals surface area contributed by atoms with Gasteiger partial charge in [0.05, 0.1) is 0 Å². The first-order valence-corrected chi connectivity index (χ1v) is 6.71. The summed E-state index contributed by atoms with van der Waals surface area (Å²) < 4.78 is 0. The van der Waals surface area contributed by atoms with E-state index in [-0.39, 0.29) is 12.4 Å². The maximum atomic E-state index is 11.4. The maximum Gasteiger partial charge on any atom is 0.140 e. The third-order valence-corrected chi connectivity index (χ3v) is 3.57. The highest BCUT2D eigenvalue weighted by atomic mass is 35.5. The molecule has 21 heavy (non-hydrogen) atoms. The van der Waals surface area contributed by atoms with Gasteiger partial charge in [-0.3, -0.25) is 0 Å². The highest BCUT2D eigenvalue weighted by Gasteiger charge is 2.33. The van der Waals surface area contributed by atoms with Crippen LogP contribution in [0, 0.1) is 0 Å². The predicted octanol–water partition coefficient (Wildman–Crippen LogP) is 4.39. The summed E-state index contributed by atoms with van der Waals surface area (Å²) in [6, 6.07) is 29.3. The normalized spacial score (nSPS) is 10.7. The SMILES string of the molecule is Cl.OC(c1ccccc1)(c1ccccc1)c1ccccc1. The van der Waals surface area contributed by atoms with Crippen molar-refractivity contribution in [3.63, 3.8) is 0 Å². The van der Waals surface area contributed by atoms with Crippen molar-refractivity contribution in [2.75, 3.05) is 0 Å². The molecule has 3 rings (SSSR count). The third kappa shape index (κ3) is 2.85. The van der Waals surface area contributed by atoms with Crippen LogP contribution in [0.15, 0.2) is 91.0 Å². The molecule has 2 heteroatoms. The number of aliphatic hydroxyl groups is 1. The molecule has 0 saturated carbocycles. The first-order chi connectivity index (χ1) is 9.82. The molecule has 0 aliphatic rings. The smallest absolute Gasteiger partial charge is 0.140 e. The molecular weight excluding hydrogens is 280 g/mol. The molecule has 0 aliphatic carbocycles. The van der Waals surface area contributed by atoms with E-state index >= 15 is 0 Å². The Morgan fingerprint density at radius 2 is 0.714 bits per heavy atom. The first kappa shape index (κ1) is 15.3. The standard InChI is InChI=1S/C19H16O.ClH/c20-19(16-10-4-1-5-11-16,17-12-6-2-7-13-17)18-14-8-3-9-15-18;/h1-15,20H;1H.